The molecule has 3 N–H and O–H groups in total. The molecule has 1 aromatic carbocycles. The molecule has 1 heterocycles. The van der Waals surface area contributed by atoms with Crippen LogP contribution in [-0.2, 0) is 0 Å². The number of hydrogen-bond donors (Lipinski definition) is 2. The molecule has 0 atom stereocenters. The Hall–Kier alpha value is -1.60. The molecule has 0 aliphatic carbocycles. The molecule has 1 amide bonds. The second-order valence-electron chi connectivity index (χ2n) is 3.87. The van der Waals surface area contributed by atoms with Crippen LogP contribution >= 0.6 is 31.9 Å². The molecule has 20 heavy (non-hydrogen) atoms. The van der Waals surface area contributed by atoms with Gasteiger partial charge in [-0.1, -0.05) is 0 Å². The number of methoxy groups -OCH3 is 1. The van der Waals surface area contributed by atoms with Crippen LogP contribution in [0, 0.1) is 0 Å². The first-order chi connectivity index (χ1) is 9.51. The Kier molecular flexibility index (Phi) is 4.61. The van der Waals surface area contributed by atoms with Crippen LogP contribution in [0.3, 0.4) is 0 Å². The Balaban J connectivity index is 2.38. The minimum atomic E-state index is -0.503. The number of rotatable bonds is 4. The zero-order valence-corrected chi connectivity index (χ0v) is 13.7. The smallest absolute Gasteiger partial charge is 0.248 e. The lowest BCUT2D eigenvalue weighted by atomic mass is 10.2. The van der Waals surface area contributed by atoms with Gasteiger partial charge in [-0.05, 0) is 62.2 Å². The zero-order chi connectivity index (χ0) is 14.7. The van der Waals surface area contributed by atoms with Crippen LogP contribution in [0.1, 0.15) is 10.4 Å². The first-order valence-electron chi connectivity index (χ1n) is 5.58. The number of carbonyl (C=O) groups excluding carboxylic acids is 1. The van der Waals surface area contributed by atoms with Crippen molar-refractivity contribution in [3.63, 3.8) is 0 Å². The van der Waals surface area contributed by atoms with Gasteiger partial charge in [-0.15, -0.1) is 0 Å². The van der Waals surface area contributed by atoms with Crippen molar-refractivity contribution in [2.75, 3.05) is 12.4 Å². The maximum Gasteiger partial charge on any atom is 0.248 e. The number of primary amides is 1. The minimum absolute atomic E-state index is 0.383. The predicted octanol–water partition coefficient (Wildman–Crippen LogP) is 3.46. The molecule has 2 rings (SSSR count). The van der Waals surface area contributed by atoms with Crippen molar-refractivity contribution in [1.82, 2.24) is 4.98 Å². The van der Waals surface area contributed by atoms with Crippen molar-refractivity contribution in [2.24, 2.45) is 5.73 Å². The highest BCUT2D eigenvalue weighted by Crippen LogP contribution is 2.31. The fourth-order valence-corrected chi connectivity index (χ4v) is 2.21. The van der Waals surface area contributed by atoms with Crippen molar-refractivity contribution in [1.29, 1.82) is 0 Å². The maximum absolute atomic E-state index is 11.2. The number of nitrogens with one attached hydrogen (secondary N) is 1. The summed E-state index contributed by atoms with van der Waals surface area (Å²) in [6.45, 7) is 0. The average Bonchev–Trinajstić information content (AvgIpc) is 2.43. The van der Waals surface area contributed by atoms with E-state index in [1.165, 1.54) is 7.11 Å². The first kappa shape index (κ1) is 14.8. The Morgan fingerprint density at radius 3 is 2.70 bits per heavy atom. The van der Waals surface area contributed by atoms with Crippen LogP contribution in [0.2, 0.25) is 0 Å². The Morgan fingerprint density at radius 2 is 2.05 bits per heavy atom. The van der Waals surface area contributed by atoms with Gasteiger partial charge in [-0.3, -0.25) is 4.79 Å². The lowest BCUT2D eigenvalue weighted by Crippen LogP contribution is -2.11. The molecule has 5 nitrogen and oxygen atoms in total. The van der Waals surface area contributed by atoms with Gasteiger partial charge < -0.3 is 15.8 Å². The van der Waals surface area contributed by atoms with Gasteiger partial charge >= 0.3 is 0 Å². The van der Waals surface area contributed by atoms with Crippen molar-refractivity contribution in [3.8, 4) is 5.75 Å². The standard InChI is InChI=1S/C13H11Br2N3O2/c1-20-10-6-7(12(16)19)2-4-9(10)17-13-8(14)3-5-11(15)18-13/h2-6H,1H3,(H2,16,19)(H,17,18). The molecule has 0 saturated heterocycles. The molecule has 0 spiro atoms. The number of pyridine rings is 1. The molecule has 0 fully saturated rings. The fourth-order valence-electron chi connectivity index (χ4n) is 1.58. The monoisotopic (exact) mass is 399 g/mol. The average molecular weight is 401 g/mol. The summed E-state index contributed by atoms with van der Waals surface area (Å²) in [5.74, 6) is 0.635. The highest BCUT2D eigenvalue weighted by atomic mass is 79.9. The van der Waals surface area contributed by atoms with E-state index in [2.05, 4.69) is 42.2 Å². The quantitative estimate of drug-likeness (QED) is 0.770. The molecule has 2 aromatic rings. The maximum atomic E-state index is 11.2. The summed E-state index contributed by atoms with van der Waals surface area (Å²) in [7, 11) is 1.52. The highest BCUT2D eigenvalue weighted by Gasteiger charge is 2.10. The van der Waals surface area contributed by atoms with E-state index in [-0.39, 0.29) is 0 Å². The number of halogens is 2. The van der Waals surface area contributed by atoms with Crippen LogP contribution in [0.15, 0.2) is 39.4 Å². The molecule has 7 heteroatoms. The highest BCUT2D eigenvalue weighted by molar-refractivity contribution is 9.11. The summed E-state index contributed by atoms with van der Waals surface area (Å²) in [4.78, 5) is 15.5. The van der Waals surface area contributed by atoms with Gasteiger partial charge in [0.25, 0.3) is 0 Å². The van der Waals surface area contributed by atoms with E-state index >= 15 is 0 Å². The number of amides is 1. The molecule has 0 bridgehead atoms. The molecule has 0 aliphatic rings. The van der Waals surface area contributed by atoms with Crippen molar-refractivity contribution < 1.29 is 9.53 Å². The van der Waals surface area contributed by atoms with Crippen molar-refractivity contribution in [2.45, 2.75) is 0 Å². The SMILES string of the molecule is COc1cc(C(N)=O)ccc1Nc1nc(Br)ccc1Br. The summed E-state index contributed by atoms with van der Waals surface area (Å²) >= 11 is 6.72. The number of anilines is 2. The Morgan fingerprint density at radius 1 is 1.30 bits per heavy atom. The Labute approximate surface area is 132 Å². The number of carbonyl (C=O) groups is 1. The predicted molar refractivity (Wildman–Crippen MR) is 84.4 cm³/mol. The lowest BCUT2D eigenvalue weighted by molar-refractivity contribution is 0.1000. The van der Waals surface area contributed by atoms with Crippen molar-refractivity contribution >= 4 is 49.3 Å². The van der Waals surface area contributed by atoms with Crippen LogP contribution in [0.5, 0.6) is 5.75 Å². The van der Waals surface area contributed by atoms with Gasteiger partial charge in [-0.25, -0.2) is 4.98 Å². The normalized spacial score (nSPS) is 10.2. The largest absolute Gasteiger partial charge is 0.495 e. The van der Waals surface area contributed by atoms with Gasteiger partial charge in [0.05, 0.1) is 17.3 Å². The van der Waals surface area contributed by atoms with Crippen molar-refractivity contribution in [3.05, 3.63) is 45.0 Å². The topological polar surface area (TPSA) is 77.2 Å². The van der Waals surface area contributed by atoms with Gasteiger partial charge in [0.15, 0.2) is 0 Å². The minimum Gasteiger partial charge on any atom is -0.495 e. The van der Waals surface area contributed by atoms with E-state index in [4.69, 9.17) is 10.5 Å². The second-order valence-corrected chi connectivity index (χ2v) is 5.54. The zero-order valence-electron chi connectivity index (χ0n) is 10.5. The number of hydrogen-bond acceptors (Lipinski definition) is 4. The molecular formula is C13H11Br2N3O2. The summed E-state index contributed by atoms with van der Waals surface area (Å²) in [5, 5.41) is 3.13. The second kappa shape index (κ2) is 6.23. The molecule has 0 saturated carbocycles. The van der Waals surface area contributed by atoms with Crippen LogP contribution in [0.25, 0.3) is 0 Å². The van der Waals surface area contributed by atoms with Gasteiger partial charge in [-0.2, -0.15) is 0 Å². The molecule has 0 aliphatic heterocycles. The summed E-state index contributed by atoms with van der Waals surface area (Å²) in [5.41, 5.74) is 6.31. The molecule has 0 radical (unpaired) electrons. The van der Waals surface area contributed by atoms with Gasteiger partial charge in [0, 0.05) is 5.56 Å². The number of nitrogens with two attached hydrogens (primary N) is 1. The first-order valence-corrected chi connectivity index (χ1v) is 7.17. The molecule has 1 aromatic heterocycles. The summed E-state index contributed by atoms with van der Waals surface area (Å²) in [6, 6.07) is 8.61. The van der Waals surface area contributed by atoms with E-state index in [0.717, 1.165) is 4.47 Å². The summed E-state index contributed by atoms with van der Waals surface area (Å²) < 4.78 is 6.77. The van der Waals surface area contributed by atoms with E-state index < -0.39 is 5.91 Å². The number of ether oxygens (including phenoxy) is 1. The van der Waals surface area contributed by atoms with E-state index in [1.807, 2.05) is 12.1 Å². The summed E-state index contributed by atoms with van der Waals surface area (Å²) in [6.07, 6.45) is 0. The van der Waals surface area contributed by atoms with E-state index in [1.54, 1.807) is 18.2 Å². The number of benzene rings is 1. The van der Waals surface area contributed by atoms with Crippen LogP contribution in [0.4, 0.5) is 11.5 Å². The fraction of sp³-hybridized carbons (Fsp3) is 0.0769. The number of nitrogens with zero attached hydrogens (tertiary/aromatic N) is 1. The third-order valence-electron chi connectivity index (χ3n) is 2.55. The van der Waals surface area contributed by atoms with Crippen LogP contribution in [-0.4, -0.2) is 18.0 Å². The molecule has 0 unspecified atom stereocenters. The third kappa shape index (κ3) is 3.29. The van der Waals surface area contributed by atoms with Crippen LogP contribution < -0.4 is 15.8 Å². The number of aromatic nitrogens is 1. The molecule has 104 valence electrons. The lowest BCUT2D eigenvalue weighted by Gasteiger charge is -2.12. The van der Waals surface area contributed by atoms with Gasteiger partial charge in [0.2, 0.25) is 5.91 Å². The molecular weight excluding hydrogens is 390 g/mol. The van der Waals surface area contributed by atoms with Gasteiger partial charge in [0.1, 0.15) is 16.2 Å². The van der Waals surface area contributed by atoms with E-state index in [9.17, 15) is 4.79 Å². The third-order valence-corrected chi connectivity index (χ3v) is 3.63. The van der Waals surface area contributed by atoms with E-state index in [0.29, 0.717) is 27.4 Å². The Bertz CT molecular complexity index is 662.